The van der Waals surface area contributed by atoms with Gasteiger partial charge >= 0.3 is 19.5 Å². The number of para-hydroxylation sites is 1. The Labute approximate surface area is 221 Å². The van der Waals surface area contributed by atoms with Gasteiger partial charge in [0.15, 0.2) is 12.3 Å². The lowest BCUT2D eigenvalue weighted by Gasteiger charge is -2.24. The van der Waals surface area contributed by atoms with E-state index in [1.165, 1.54) is 19.1 Å². The Kier molecular flexibility index (Phi) is 9.76. The number of nitrogen functional groups attached to an aromatic ring is 1. The average molecular weight is 572 g/mol. The molecule has 0 spiro atoms. The summed E-state index contributed by atoms with van der Waals surface area (Å²) in [7, 11) is -4.66. The lowest BCUT2D eigenvalue weighted by molar-refractivity contribution is -0.156. The van der Waals surface area contributed by atoms with Crippen molar-refractivity contribution in [2.75, 3.05) is 19.0 Å². The van der Waals surface area contributed by atoms with Gasteiger partial charge in [-0.2, -0.15) is 4.98 Å². The Morgan fingerprint density at radius 3 is 2.64 bits per heavy atom. The number of hydrogen-bond acceptors (Lipinski definition) is 12. The maximum atomic E-state index is 16.0. The summed E-state index contributed by atoms with van der Waals surface area (Å²) < 4.78 is 69.4. The molecule has 1 aromatic carbocycles. The number of nitrogens with zero attached hydrogens (tertiary/aromatic N) is 3. The second kappa shape index (κ2) is 12.6. The van der Waals surface area contributed by atoms with Crippen molar-refractivity contribution in [2.24, 2.45) is 0 Å². The monoisotopic (exact) mass is 572 g/mol. The van der Waals surface area contributed by atoms with E-state index >= 15 is 4.39 Å². The van der Waals surface area contributed by atoms with Gasteiger partial charge in [-0.05, 0) is 32.9 Å². The molecule has 3 N–H and O–H groups in total. The molecule has 3 rings (SSSR count). The van der Waals surface area contributed by atoms with Crippen LogP contribution in [0.4, 0.5) is 14.7 Å². The van der Waals surface area contributed by atoms with Gasteiger partial charge in [0.1, 0.15) is 31.0 Å². The minimum atomic E-state index is -4.66. The van der Waals surface area contributed by atoms with Gasteiger partial charge in [-0.3, -0.25) is 13.6 Å². The first-order valence-corrected chi connectivity index (χ1v) is 13.0. The minimum Gasteiger partial charge on any atom is -0.461 e. The predicted octanol–water partition coefficient (Wildman–Crippen LogP) is 1.72. The van der Waals surface area contributed by atoms with Gasteiger partial charge in [0.2, 0.25) is 11.6 Å². The highest BCUT2D eigenvalue weighted by Crippen LogP contribution is 2.52. The molecule has 1 fully saturated rings. The van der Waals surface area contributed by atoms with E-state index < -0.39 is 75.0 Å². The van der Waals surface area contributed by atoms with Crippen molar-refractivity contribution in [3.63, 3.8) is 0 Å². The summed E-state index contributed by atoms with van der Waals surface area (Å²) in [6.45, 7) is 2.34. The molecule has 1 aliphatic heterocycles. The fourth-order valence-electron chi connectivity index (χ4n) is 3.39. The van der Waals surface area contributed by atoms with E-state index in [-0.39, 0.29) is 5.75 Å². The molecule has 0 saturated carbocycles. The number of rotatable bonds is 10. The molecule has 0 radical (unpaired) electrons. The largest absolute Gasteiger partial charge is 0.530 e. The van der Waals surface area contributed by atoms with E-state index in [0.717, 1.165) is 6.33 Å². The van der Waals surface area contributed by atoms with Crippen LogP contribution in [0, 0.1) is 11.8 Å². The fraction of sp³-hybridized carbons (Fsp3) is 0.478. The van der Waals surface area contributed by atoms with Crippen LogP contribution in [-0.2, 0) is 27.9 Å². The predicted molar refractivity (Wildman–Crippen MR) is 131 cm³/mol. The summed E-state index contributed by atoms with van der Waals surface area (Å²) in [5, 5.41) is 10.7. The summed E-state index contributed by atoms with van der Waals surface area (Å²) in [4.78, 5) is 31.5. The van der Waals surface area contributed by atoms with Crippen LogP contribution in [0.5, 0.6) is 5.75 Å². The normalized spacial score (nSPS) is 24.8. The summed E-state index contributed by atoms with van der Waals surface area (Å²) in [6.07, 6.45) is -6.88. The number of alkyl halides is 2. The highest BCUT2D eigenvalue weighted by Gasteiger charge is 2.58. The fourth-order valence-corrected chi connectivity index (χ4v) is 4.73. The first kappa shape index (κ1) is 30.1. The number of phosphoric ester groups is 1. The molecule has 16 heteroatoms. The standard InChI is InChI=1S/C23H27F2N4O9P/c1-14(2)35-19(31)15(3)37-39(33,38-16-8-5-4-6-9-16)34-12-17-18(30)23(25,10-7-11-24)20(36-17)29-13-27-21(26)28-22(29)32/h4-6,8-9,13-15,17-18,20,30H,11-12H2,1-3H3,(H2,26,28,32)/t15-,17+,18-,20+,23?,39-/m0/s1. The van der Waals surface area contributed by atoms with Crippen molar-refractivity contribution < 1.29 is 46.3 Å². The second-order valence-electron chi connectivity index (χ2n) is 8.46. The van der Waals surface area contributed by atoms with E-state index in [1.807, 2.05) is 11.8 Å². The van der Waals surface area contributed by atoms with Crippen LogP contribution in [-0.4, -0.2) is 69.0 Å². The quantitative estimate of drug-likeness (QED) is 0.240. The molecule has 0 amide bonds. The number of nitrogens with two attached hydrogens (primary N) is 1. The Bertz CT molecular complexity index is 1320. The van der Waals surface area contributed by atoms with Crippen molar-refractivity contribution >= 4 is 19.7 Å². The van der Waals surface area contributed by atoms with Crippen LogP contribution in [0.3, 0.4) is 0 Å². The van der Waals surface area contributed by atoms with Crippen molar-refractivity contribution in [2.45, 2.75) is 57.1 Å². The number of carbonyl (C=O) groups excluding carboxylic acids is 1. The molecule has 1 aliphatic rings. The molecule has 6 atom stereocenters. The van der Waals surface area contributed by atoms with Gasteiger partial charge in [-0.15, -0.1) is 0 Å². The number of aliphatic hydroxyl groups is 1. The second-order valence-corrected chi connectivity index (χ2v) is 10.0. The molecule has 212 valence electrons. The summed E-state index contributed by atoms with van der Waals surface area (Å²) in [5.74, 6) is 2.55. The molecule has 1 unspecified atom stereocenters. The molecule has 39 heavy (non-hydrogen) atoms. The van der Waals surface area contributed by atoms with Gasteiger partial charge in [0, 0.05) is 0 Å². The van der Waals surface area contributed by atoms with E-state index in [2.05, 4.69) is 9.97 Å². The number of ether oxygens (including phenoxy) is 2. The van der Waals surface area contributed by atoms with Gasteiger partial charge in [0.05, 0.1) is 12.7 Å². The van der Waals surface area contributed by atoms with Gasteiger partial charge in [-0.25, -0.2) is 27.9 Å². The Balaban J connectivity index is 1.88. The molecule has 0 aliphatic carbocycles. The molecule has 1 aromatic heterocycles. The highest BCUT2D eigenvalue weighted by molar-refractivity contribution is 7.49. The third-order valence-electron chi connectivity index (χ3n) is 5.12. The number of hydrogen-bond donors (Lipinski definition) is 2. The van der Waals surface area contributed by atoms with Crippen LogP contribution in [0.2, 0.25) is 0 Å². The third-order valence-corrected chi connectivity index (χ3v) is 6.59. The van der Waals surface area contributed by atoms with E-state index in [4.69, 9.17) is 28.8 Å². The number of aliphatic hydroxyl groups excluding tert-OH is 1. The lowest BCUT2D eigenvalue weighted by atomic mass is 9.96. The summed E-state index contributed by atoms with van der Waals surface area (Å²) in [6, 6.07) is 7.66. The van der Waals surface area contributed by atoms with Crippen molar-refractivity contribution in [3.8, 4) is 17.6 Å². The highest BCUT2D eigenvalue weighted by atomic mass is 31.2. The zero-order chi connectivity index (χ0) is 28.8. The van der Waals surface area contributed by atoms with Crippen molar-refractivity contribution in [1.29, 1.82) is 0 Å². The van der Waals surface area contributed by atoms with Crippen LogP contribution in [0.1, 0.15) is 27.0 Å². The number of benzene rings is 1. The van der Waals surface area contributed by atoms with E-state index in [1.54, 1.807) is 32.0 Å². The lowest BCUT2D eigenvalue weighted by Crippen LogP contribution is -2.44. The Hall–Kier alpha value is -3.41. The van der Waals surface area contributed by atoms with Crippen molar-refractivity contribution in [3.05, 3.63) is 47.1 Å². The zero-order valence-corrected chi connectivity index (χ0v) is 22.0. The number of carbonyl (C=O) groups is 1. The number of phosphoric acid groups is 1. The Morgan fingerprint density at radius 1 is 1.33 bits per heavy atom. The van der Waals surface area contributed by atoms with Crippen LogP contribution in [0.25, 0.3) is 0 Å². The van der Waals surface area contributed by atoms with Gasteiger partial charge in [0.25, 0.3) is 0 Å². The van der Waals surface area contributed by atoms with E-state index in [9.17, 15) is 23.7 Å². The topological polar surface area (TPSA) is 174 Å². The van der Waals surface area contributed by atoms with Crippen LogP contribution >= 0.6 is 7.82 Å². The number of anilines is 1. The maximum absolute atomic E-state index is 16.0. The summed E-state index contributed by atoms with van der Waals surface area (Å²) >= 11 is 0. The first-order chi connectivity index (χ1) is 18.4. The number of aromatic nitrogens is 3. The zero-order valence-electron chi connectivity index (χ0n) is 21.1. The van der Waals surface area contributed by atoms with Crippen molar-refractivity contribution in [1.82, 2.24) is 14.5 Å². The SMILES string of the molecule is CC(C)OC(=O)[C@H](C)O[P@](=O)(OC[C@H]1O[C@@H](n2cnc(N)nc2=O)C(F)(C#CCF)[C@H]1O)Oc1ccccc1. The molecular formula is C23H27F2N4O9P. The number of halogens is 2. The van der Waals surface area contributed by atoms with Gasteiger partial charge < -0.3 is 24.8 Å². The van der Waals surface area contributed by atoms with E-state index in [0.29, 0.717) is 4.57 Å². The average Bonchev–Trinajstić information content (AvgIpc) is 3.11. The maximum Gasteiger partial charge on any atom is 0.530 e. The van der Waals surface area contributed by atoms with Gasteiger partial charge in [-0.1, -0.05) is 30.0 Å². The third kappa shape index (κ3) is 7.37. The molecule has 1 saturated heterocycles. The molecular weight excluding hydrogens is 545 g/mol. The molecule has 2 heterocycles. The molecule has 13 nitrogen and oxygen atoms in total. The smallest absolute Gasteiger partial charge is 0.461 e. The number of esters is 1. The van der Waals surface area contributed by atoms with Crippen LogP contribution < -0.4 is 15.9 Å². The first-order valence-electron chi connectivity index (χ1n) is 11.6. The van der Waals surface area contributed by atoms with Crippen LogP contribution in [0.15, 0.2) is 41.5 Å². The minimum absolute atomic E-state index is 0.0373. The Morgan fingerprint density at radius 2 is 2.03 bits per heavy atom. The molecule has 0 bridgehead atoms. The summed E-state index contributed by atoms with van der Waals surface area (Å²) in [5.41, 5.74) is 1.22. The molecule has 2 aromatic rings.